The molecule has 106 valence electrons. The Morgan fingerprint density at radius 1 is 1.26 bits per heavy atom. The second kappa shape index (κ2) is 6.01. The predicted molar refractivity (Wildman–Crippen MR) is 82.9 cm³/mol. The minimum absolute atomic E-state index is 0.0202. The average molecular weight is 301 g/mol. The fraction of sp³-hybridized carbons (Fsp3) is 0.600. The molecule has 2 rings (SSSR count). The van der Waals surface area contributed by atoms with E-state index in [1.807, 2.05) is 18.2 Å². The van der Waals surface area contributed by atoms with Gasteiger partial charge in [-0.05, 0) is 57.0 Å². The van der Waals surface area contributed by atoms with Crippen molar-refractivity contribution in [1.82, 2.24) is 4.90 Å². The second-order valence-electron chi connectivity index (χ2n) is 5.56. The topological polar surface area (TPSA) is 29.3 Å². The first-order chi connectivity index (χ1) is 8.99. The van der Waals surface area contributed by atoms with Gasteiger partial charge in [0.15, 0.2) is 0 Å². The third-order valence-electron chi connectivity index (χ3n) is 4.52. The van der Waals surface area contributed by atoms with Gasteiger partial charge < -0.3 is 5.73 Å². The number of hydrogen-bond donors (Lipinski definition) is 1. The van der Waals surface area contributed by atoms with E-state index < -0.39 is 0 Å². The van der Waals surface area contributed by atoms with Crippen LogP contribution in [0.15, 0.2) is 18.2 Å². The van der Waals surface area contributed by atoms with E-state index in [1.165, 1.54) is 12.8 Å². The second-order valence-corrected chi connectivity index (χ2v) is 6.37. The zero-order valence-electron chi connectivity index (χ0n) is 11.6. The van der Waals surface area contributed by atoms with Gasteiger partial charge in [0.1, 0.15) is 0 Å². The van der Waals surface area contributed by atoms with E-state index in [9.17, 15) is 0 Å². The van der Waals surface area contributed by atoms with Gasteiger partial charge >= 0.3 is 0 Å². The number of nitrogens with zero attached hydrogens (tertiary/aromatic N) is 1. The van der Waals surface area contributed by atoms with Crippen molar-refractivity contribution in [2.45, 2.75) is 44.7 Å². The largest absolute Gasteiger partial charge is 0.322 e. The Labute approximate surface area is 125 Å². The summed E-state index contributed by atoms with van der Waals surface area (Å²) in [6.07, 6.45) is 3.56. The quantitative estimate of drug-likeness (QED) is 0.900. The maximum atomic E-state index is 6.54. The van der Waals surface area contributed by atoms with Crippen molar-refractivity contribution in [2.75, 3.05) is 13.1 Å². The average Bonchev–Trinajstić information content (AvgIpc) is 2.94. The van der Waals surface area contributed by atoms with Crippen LogP contribution in [0.3, 0.4) is 0 Å². The molecule has 0 aliphatic carbocycles. The zero-order valence-corrected chi connectivity index (χ0v) is 13.1. The molecule has 1 saturated heterocycles. The fourth-order valence-electron chi connectivity index (χ4n) is 2.93. The number of rotatable bonds is 4. The van der Waals surface area contributed by atoms with Crippen LogP contribution in [-0.4, -0.2) is 23.5 Å². The summed E-state index contributed by atoms with van der Waals surface area (Å²) in [5.41, 5.74) is 7.58. The summed E-state index contributed by atoms with van der Waals surface area (Å²) in [7, 11) is 0. The van der Waals surface area contributed by atoms with E-state index in [1.54, 1.807) is 0 Å². The van der Waals surface area contributed by atoms with E-state index in [0.717, 1.165) is 25.1 Å². The molecule has 19 heavy (non-hydrogen) atoms. The van der Waals surface area contributed by atoms with Gasteiger partial charge in [0.2, 0.25) is 0 Å². The SMILES string of the molecule is CCC(C)(C(N)c1ccc(Cl)c(Cl)c1)N1CCCC1. The highest BCUT2D eigenvalue weighted by molar-refractivity contribution is 6.42. The van der Waals surface area contributed by atoms with Crippen molar-refractivity contribution < 1.29 is 0 Å². The van der Waals surface area contributed by atoms with E-state index in [4.69, 9.17) is 28.9 Å². The number of likely N-dealkylation sites (tertiary alicyclic amines) is 1. The molecule has 1 aliphatic heterocycles. The molecule has 0 spiro atoms. The van der Waals surface area contributed by atoms with Crippen LogP contribution >= 0.6 is 23.2 Å². The lowest BCUT2D eigenvalue weighted by Crippen LogP contribution is -2.51. The molecule has 1 fully saturated rings. The van der Waals surface area contributed by atoms with Crippen LogP contribution in [0.5, 0.6) is 0 Å². The molecule has 2 atom stereocenters. The normalized spacial score (nSPS) is 21.3. The van der Waals surface area contributed by atoms with Crippen molar-refractivity contribution in [2.24, 2.45) is 5.73 Å². The molecule has 2 nitrogen and oxygen atoms in total. The summed E-state index contributed by atoms with van der Waals surface area (Å²) in [4.78, 5) is 2.51. The van der Waals surface area contributed by atoms with Crippen LogP contribution < -0.4 is 5.73 Å². The molecule has 1 aliphatic rings. The Morgan fingerprint density at radius 3 is 2.42 bits per heavy atom. The molecule has 4 heteroatoms. The van der Waals surface area contributed by atoms with Crippen LogP contribution in [0.1, 0.15) is 44.7 Å². The predicted octanol–water partition coefficient (Wildman–Crippen LogP) is 4.26. The van der Waals surface area contributed by atoms with E-state index >= 15 is 0 Å². The summed E-state index contributed by atoms with van der Waals surface area (Å²) in [6, 6.07) is 5.67. The molecule has 0 bridgehead atoms. The molecular weight excluding hydrogens is 279 g/mol. The molecule has 1 aromatic rings. The van der Waals surface area contributed by atoms with Gasteiger partial charge in [-0.1, -0.05) is 36.2 Å². The van der Waals surface area contributed by atoms with Crippen molar-refractivity contribution >= 4 is 23.2 Å². The van der Waals surface area contributed by atoms with Gasteiger partial charge in [0, 0.05) is 11.6 Å². The first-order valence-electron chi connectivity index (χ1n) is 6.94. The molecule has 1 heterocycles. The maximum Gasteiger partial charge on any atom is 0.0595 e. The van der Waals surface area contributed by atoms with Gasteiger partial charge in [-0.3, -0.25) is 4.90 Å². The highest BCUT2D eigenvalue weighted by atomic mass is 35.5. The Kier molecular flexibility index (Phi) is 4.78. The third kappa shape index (κ3) is 2.92. The first kappa shape index (κ1) is 15.1. The van der Waals surface area contributed by atoms with Crippen LogP contribution in [0.4, 0.5) is 0 Å². The molecule has 1 aromatic carbocycles. The Bertz CT molecular complexity index is 444. The molecule has 0 saturated carbocycles. The fourth-order valence-corrected chi connectivity index (χ4v) is 3.24. The molecule has 2 unspecified atom stereocenters. The highest BCUT2D eigenvalue weighted by Crippen LogP contribution is 2.36. The zero-order chi connectivity index (χ0) is 14.0. The van der Waals surface area contributed by atoms with Crippen LogP contribution in [0.25, 0.3) is 0 Å². The number of nitrogens with two attached hydrogens (primary N) is 1. The Balaban J connectivity index is 2.28. The van der Waals surface area contributed by atoms with Gasteiger partial charge in [0.05, 0.1) is 10.0 Å². The lowest BCUT2D eigenvalue weighted by Gasteiger charge is -2.43. The summed E-state index contributed by atoms with van der Waals surface area (Å²) < 4.78 is 0. The van der Waals surface area contributed by atoms with Gasteiger partial charge in [-0.25, -0.2) is 0 Å². The summed E-state index contributed by atoms with van der Waals surface area (Å²) in [5.74, 6) is 0. The maximum absolute atomic E-state index is 6.54. The van der Waals surface area contributed by atoms with Gasteiger partial charge in [-0.15, -0.1) is 0 Å². The van der Waals surface area contributed by atoms with Gasteiger partial charge in [-0.2, -0.15) is 0 Å². The van der Waals surface area contributed by atoms with E-state index in [0.29, 0.717) is 10.0 Å². The van der Waals surface area contributed by atoms with E-state index in [2.05, 4.69) is 18.7 Å². The third-order valence-corrected chi connectivity index (χ3v) is 5.26. The Hall–Kier alpha value is -0.280. The number of halogens is 2. The van der Waals surface area contributed by atoms with Crippen molar-refractivity contribution in [3.05, 3.63) is 33.8 Å². The first-order valence-corrected chi connectivity index (χ1v) is 7.70. The highest BCUT2D eigenvalue weighted by Gasteiger charge is 2.38. The molecule has 0 amide bonds. The van der Waals surface area contributed by atoms with Crippen molar-refractivity contribution in [3.63, 3.8) is 0 Å². The smallest absolute Gasteiger partial charge is 0.0595 e. The molecule has 2 N–H and O–H groups in total. The minimum Gasteiger partial charge on any atom is -0.322 e. The molecule has 0 radical (unpaired) electrons. The monoisotopic (exact) mass is 300 g/mol. The molecular formula is C15H22Cl2N2. The summed E-state index contributed by atoms with van der Waals surface area (Å²) in [5, 5.41) is 1.16. The lowest BCUT2D eigenvalue weighted by atomic mass is 9.84. The van der Waals surface area contributed by atoms with Crippen LogP contribution in [0, 0.1) is 0 Å². The van der Waals surface area contributed by atoms with Gasteiger partial charge in [0.25, 0.3) is 0 Å². The summed E-state index contributed by atoms with van der Waals surface area (Å²) in [6.45, 7) is 6.74. The lowest BCUT2D eigenvalue weighted by molar-refractivity contribution is 0.100. The van der Waals surface area contributed by atoms with Crippen molar-refractivity contribution in [1.29, 1.82) is 0 Å². The minimum atomic E-state index is -0.0506. The number of benzene rings is 1. The van der Waals surface area contributed by atoms with Crippen molar-refractivity contribution in [3.8, 4) is 0 Å². The summed E-state index contributed by atoms with van der Waals surface area (Å²) >= 11 is 12.1. The Morgan fingerprint density at radius 2 is 1.89 bits per heavy atom. The van der Waals surface area contributed by atoms with Crippen LogP contribution in [0.2, 0.25) is 10.0 Å². The number of hydrogen-bond acceptors (Lipinski definition) is 2. The standard InChI is InChI=1S/C15H22Cl2N2/c1-3-15(2,19-8-4-5-9-19)14(18)11-6-7-12(16)13(17)10-11/h6-7,10,14H,3-5,8-9,18H2,1-2H3. The van der Waals surface area contributed by atoms with E-state index in [-0.39, 0.29) is 11.6 Å². The molecule has 0 aromatic heterocycles. The van der Waals surface area contributed by atoms with Crippen LogP contribution in [-0.2, 0) is 0 Å².